The maximum absolute atomic E-state index is 11.2. The van der Waals surface area contributed by atoms with Gasteiger partial charge in [-0.15, -0.1) is 0 Å². The van der Waals surface area contributed by atoms with Gasteiger partial charge in [0.1, 0.15) is 5.75 Å². The molecule has 0 aromatic heterocycles. The zero-order valence-corrected chi connectivity index (χ0v) is 14.1. The third-order valence-electron chi connectivity index (χ3n) is 2.61. The van der Waals surface area contributed by atoms with Crippen LogP contribution < -0.4 is 4.74 Å². The SMILES string of the molecule is CCOC(=O)Oc1ccc(C=Nc2ccc(Br)c(Cl)c2)cc1. The molecule has 0 spiro atoms. The van der Waals surface area contributed by atoms with Crippen LogP contribution in [0.2, 0.25) is 5.02 Å². The predicted molar refractivity (Wildman–Crippen MR) is 90.5 cm³/mol. The van der Waals surface area contributed by atoms with Crippen LogP contribution >= 0.6 is 27.5 Å². The molecule has 22 heavy (non-hydrogen) atoms. The topological polar surface area (TPSA) is 47.9 Å². The first-order chi connectivity index (χ1) is 10.6. The number of aliphatic imine (C=N–C) groups is 1. The normalized spacial score (nSPS) is 10.7. The van der Waals surface area contributed by atoms with E-state index in [1.54, 1.807) is 43.5 Å². The van der Waals surface area contributed by atoms with Crippen LogP contribution in [0, 0.1) is 0 Å². The maximum Gasteiger partial charge on any atom is 0.513 e. The Labute approximate surface area is 141 Å². The summed E-state index contributed by atoms with van der Waals surface area (Å²) in [6.45, 7) is 1.99. The van der Waals surface area contributed by atoms with E-state index in [0.717, 1.165) is 15.7 Å². The van der Waals surface area contributed by atoms with E-state index in [0.29, 0.717) is 10.8 Å². The maximum atomic E-state index is 11.2. The largest absolute Gasteiger partial charge is 0.513 e. The van der Waals surface area contributed by atoms with E-state index in [1.807, 2.05) is 12.1 Å². The van der Waals surface area contributed by atoms with Crippen LogP contribution in [0.3, 0.4) is 0 Å². The highest BCUT2D eigenvalue weighted by Crippen LogP contribution is 2.26. The van der Waals surface area contributed by atoms with E-state index in [-0.39, 0.29) is 6.61 Å². The van der Waals surface area contributed by atoms with Gasteiger partial charge >= 0.3 is 6.16 Å². The molecule has 0 N–H and O–H groups in total. The summed E-state index contributed by atoms with van der Waals surface area (Å²) in [6, 6.07) is 12.4. The summed E-state index contributed by atoms with van der Waals surface area (Å²) < 4.78 is 10.5. The monoisotopic (exact) mass is 381 g/mol. The summed E-state index contributed by atoms with van der Waals surface area (Å²) in [6.07, 6.45) is 0.988. The molecule has 6 heteroatoms. The van der Waals surface area contributed by atoms with E-state index < -0.39 is 6.16 Å². The standard InChI is InChI=1S/C16H13BrClNO3/c1-2-21-16(20)22-13-6-3-11(4-7-13)10-19-12-5-8-14(17)15(18)9-12/h3-10H,2H2,1H3. The van der Waals surface area contributed by atoms with Crippen molar-refractivity contribution in [3.63, 3.8) is 0 Å². The molecule has 0 radical (unpaired) electrons. The van der Waals surface area contributed by atoms with E-state index in [4.69, 9.17) is 21.1 Å². The minimum Gasteiger partial charge on any atom is -0.434 e. The van der Waals surface area contributed by atoms with E-state index >= 15 is 0 Å². The van der Waals surface area contributed by atoms with E-state index in [1.165, 1.54) is 0 Å². The summed E-state index contributed by atoms with van der Waals surface area (Å²) >= 11 is 9.34. The lowest BCUT2D eigenvalue weighted by atomic mass is 10.2. The molecule has 0 heterocycles. The van der Waals surface area contributed by atoms with Gasteiger partial charge in [-0.3, -0.25) is 4.99 Å². The lowest BCUT2D eigenvalue weighted by molar-refractivity contribution is 0.104. The molecule has 0 aliphatic carbocycles. The first-order valence-electron chi connectivity index (χ1n) is 6.52. The Bertz CT molecular complexity index is 686. The summed E-state index contributed by atoms with van der Waals surface area (Å²) in [5, 5.41) is 0.604. The van der Waals surface area contributed by atoms with Gasteiger partial charge in [-0.2, -0.15) is 0 Å². The highest BCUT2D eigenvalue weighted by Gasteiger charge is 2.04. The lowest BCUT2D eigenvalue weighted by Crippen LogP contribution is -2.09. The number of ether oxygens (including phenoxy) is 2. The van der Waals surface area contributed by atoms with Crippen molar-refractivity contribution < 1.29 is 14.3 Å². The fraction of sp³-hybridized carbons (Fsp3) is 0.125. The number of rotatable bonds is 4. The van der Waals surface area contributed by atoms with Gasteiger partial charge in [0, 0.05) is 10.7 Å². The number of halogens is 2. The molecule has 4 nitrogen and oxygen atoms in total. The molecule has 0 aliphatic rings. The van der Waals surface area contributed by atoms with Crippen molar-refractivity contribution in [1.29, 1.82) is 0 Å². The van der Waals surface area contributed by atoms with Crippen LogP contribution in [0.5, 0.6) is 5.75 Å². The summed E-state index contributed by atoms with van der Waals surface area (Å²) in [5.41, 5.74) is 1.62. The van der Waals surface area contributed by atoms with Crippen LogP contribution in [0.25, 0.3) is 0 Å². The van der Waals surface area contributed by atoms with Crippen molar-refractivity contribution in [3.8, 4) is 5.75 Å². The second-order valence-corrected chi connectivity index (χ2v) is 5.47. The molecule has 0 fully saturated rings. The smallest absolute Gasteiger partial charge is 0.434 e. The van der Waals surface area contributed by atoms with Crippen LogP contribution in [0.1, 0.15) is 12.5 Å². The number of carbonyl (C=O) groups excluding carboxylic acids is 1. The van der Waals surface area contributed by atoms with Gasteiger partial charge in [0.25, 0.3) is 0 Å². The molecule has 114 valence electrons. The van der Waals surface area contributed by atoms with Crippen LogP contribution in [-0.2, 0) is 4.74 Å². The quantitative estimate of drug-likeness (QED) is 0.405. The van der Waals surface area contributed by atoms with Gasteiger partial charge in [0.15, 0.2) is 0 Å². The van der Waals surface area contributed by atoms with Crippen molar-refractivity contribution in [2.45, 2.75) is 6.92 Å². The number of nitrogens with zero attached hydrogens (tertiary/aromatic N) is 1. The first kappa shape index (κ1) is 16.5. The average molecular weight is 383 g/mol. The summed E-state index contributed by atoms with van der Waals surface area (Å²) in [4.78, 5) is 15.5. The van der Waals surface area contributed by atoms with Crippen molar-refractivity contribution in [1.82, 2.24) is 0 Å². The van der Waals surface area contributed by atoms with Gasteiger partial charge in [-0.25, -0.2) is 4.79 Å². The minimum atomic E-state index is -0.714. The third-order valence-corrected chi connectivity index (χ3v) is 3.84. The zero-order chi connectivity index (χ0) is 15.9. The Morgan fingerprint density at radius 2 is 2.00 bits per heavy atom. The highest BCUT2D eigenvalue weighted by atomic mass is 79.9. The molecule has 2 aromatic rings. The van der Waals surface area contributed by atoms with Crippen molar-refractivity contribution >= 4 is 45.6 Å². The summed E-state index contributed by atoms with van der Waals surface area (Å²) in [5.74, 6) is 0.419. The van der Waals surface area contributed by atoms with Crippen molar-refractivity contribution in [3.05, 3.63) is 57.5 Å². The first-order valence-corrected chi connectivity index (χ1v) is 7.69. The third kappa shape index (κ3) is 4.86. The molecule has 0 unspecified atom stereocenters. The Hall–Kier alpha value is -1.85. The number of hydrogen-bond donors (Lipinski definition) is 0. The van der Waals surface area contributed by atoms with Gasteiger partial charge in [0.05, 0.1) is 17.3 Å². The molecule has 0 amide bonds. The lowest BCUT2D eigenvalue weighted by Gasteiger charge is -2.03. The van der Waals surface area contributed by atoms with Gasteiger partial charge in [-0.1, -0.05) is 11.6 Å². The second-order valence-electron chi connectivity index (χ2n) is 4.21. The van der Waals surface area contributed by atoms with Gasteiger partial charge in [-0.05, 0) is 70.9 Å². The summed E-state index contributed by atoms with van der Waals surface area (Å²) in [7, 11) is 0. The second kappa shape index (κ2) is 7.96. The van der Waals surface area contributed by atoms with Crippen LogP contribution in [-0.4, -0.2) is 19.0 Å². The van der Waals surface area contributed by atoms with Gasteiger partial charge in [0.2, 0.25) is 0 Å². The van der Waals surface area contributed by atoms with Gasteiger partial charge < -0.3 is 9.47 Å². The Kier molecular flexibility index (Phi) is 5.98. The van der Waals surface area contributed by atoms with Crippen LogP contribution in [0.4, 0.5) is 10.5 Å². The molecule has 2 aromatic carbocycles. The molecule has 0 saturated carbocycles. The molecule has 0 bridgehead atoms. The zero-order valence-electron chi connectivity index (χ0n) is 11.8. The van der Waals surface area contributed by atoms with Crippen molar-refractivity contribution in [2.75, 3.05) is 6.61 Å². The minimum absolute atomic E-state index is 0.277. The number of carbonyl (C=O) groups is 1. The molecule has 0 atom stereocenters. The van der Waals surface area contributed by atoms with E-state index in [2.05, 4.69) is 20.9 Å². The number of benzene rings is 2. The fourth-order valence-corrected chi connectivity index (χ4v) is 2.00. The Morgan fingerprint density at radius 3 is 2.64 bits per heavy atom. The predicted octanol–water partition coefficient (Wildman–Crippen LogP) is 5.39. The number of hydrogen-bond acceptors (Lipinski definition) is 4. The molecular formula is C16H13BrClNO3. The van der Waals surface area contributed by atoms with Crippen LogP contribution in [0.15, 0.2) is 51.9 Å². The van der Waals surface area contributed by atoms with E-state index in [9.17, 15) is 4.79 Å². The Morgan fingerprint density at radius 1 is 1.27 bits per heavy atom. The highest BCUT2D eigenvalue weighted by molar-refractivity contribution is 9.10. The van der Waals surface area contributed by atoms with Crippen molar-refractivity contribution in [2.24, 2.45) is 4.99 Å². The average Bonchev–Trinajstić information content (AvgIpc) is 2.50. The molecular weight excluding hydrogens is 370 g/mol. The molecule has 2 rings (SSSR count). The fourth-order valence-electron chi connectivity index (χ4n) is 1.58. The Balaban J connectivity index is 2.02. The molecule has 0 saturated heterocycles. The molecule has 0 aliphatic heterocycles.